The zero-order chi connectivity index (χ0) is 16.2. The number of rotatable bonds is 5. The molecule has 1 aliphatic heterocycles. The number of amides is 1. The van der Waals surface area contributed by atoms with E-state index in [9.17, 15) is 4.79 Å². The van der Waals surface area contributed by atoms with E-state index in [0.717, 1.165) is 61.8 Å². The van der Waals surface area contributed by atoms with E-state index >= 15 is 0 Å². The van der Waals surface area contributed by atoms with Gasteiger partial charge in [-0.05, 0) is 37.3 Å². The van der Waals surface area contributed by atoms with E-state index in [1.54, 1.807) is 6.20 Å². The maximum absolute atomic E-state index is 12.4. The van der Waals surface area contributed by atoms with E-state index in [2.05, 4.69) is 23.4 Å². The van der Waals surface area contributed by atoms with Crippen LogP contribution in [0.1, 0.15) is 45.4 Å². The van der Waals surface area contributed by atoms with Crippen molar-refractivity contribution in [3.05, 3.63) is 24.2 Å². The van der Waals surface area contributed by atoms with Crippen LogP contribution in [0.3, 0.4) is 0 Å². The van der Waals surface area contributed by atoms with Crippen LogP contribution in [0, 0.1) is 5.92 Å². The molecular formula is C18H26N4O. The third-order valence-electron chi connectivity index (χ3n) is 4.73. The molecule has 1 saturated heterocycles. The van der Waals surface area contributed by atoms with Crippen LogP contribution in [0.5, 0.6) is 0 Å². The molecule has 0 unspecified atom stereocenters. The molecule has 0 aliphatic carbocycles. The molecular weight excluding hydrogens is 288 g/mol. The summed E-state index contributed by atoms with van der Waals surface area (Å²) in [6, 6.07) is 3.90. The minimum atomic E-state index is 0.264. The molecule has 1 fully saturated rings. The fourth-order valence-electron chi connectivity index (χ4n) is 3.29. The predicted octanol–water partition coefficient (Wildman–Crippen LogP) is 3.03. The molecule has 1 amide bonds. The number of carbonyl (C=O) groups is 1. The molecule has 23 heavy (non-hydrogen) atoms. The van der Waals surface area contributed by atoms with Gasteiger partial charge in [-0.15, -0.1) is 0 Å². The van der Waals surface area contributed by atoms with Gasteiger partial charge in [0.2, 0.25) is 5.91 Å². The number of piperidine rings is 1. The van der Waals surface area contributed by atoms with Gasteiger partial charge in [0.25, 0.3) is 0 Å². The Morgan fingerprint density at radius 2 is 2.13 bits per heavy atom. The molecule has 3 rings (SSSR count). The standard InChI is InChI=1S/C18H26N4O/c1-3-11-22-16(20-15-5-4-10-19-18(15)22)6-7-17(23)21-12-8-14(2)9-13-21/h4-5,10,14H,3,6-9,11-13H2,1-2H3. The lowest BCUT2D eigenvalue weighted by Gasteiger charge is -2.30. The van der Waals surface area contributed by atoms with Crippen LogP contribution in [0.2, 0.25) is 0 Å². The molecule has 2 aromatic rings. The van der Waals surface area contributed by atoms with Crippen molar-refractivity contribution in [1.29, 1.82) is 0 Å². The highest BCUT2D eigenvalue weighted by Crippen LogP contribution is 2.19. The number of nitrogens with zero attached hydrogens (tertiary/aromatic N) is 4. The molecule has 1 aliphatic rings. The van der Waals surface area contributed by atoms with Crippen molar-refractivity contribution < 1.29 is 4.79 Å². The van der Waals surface area contributed by atoms with Crippen molar-refractivity contribution in [2.24, 2.45) is 5.92 Å². The summed E-state index contributed by atoms with van der Waals surface area (Å²) in [6.45, 7) is 7.14. The van der Waals surface area contributed by atoms with Crippen molar-refractivity contribution in [1.82, 2.24) is 19.4 Å². The van der Waals surface area contributed by atoms with E-state index in [1.165, 1.54) is 0 Å². The van der Waals surface area contributed by atoms with Gasteiger partial charge in [-0.25, -0.2) is 9.97 Å². The largest absolute Gasteiger partial charge is 0.343 e. The van der Waals surface area contributed by atoms with Gasteiger partial charge >= 0.3 is 0 Å². The average Bonchev–Trinajstić information content (AvgIpc) is 2.92. The van der Waals surface area contributed by atoms with Gasteiger partial charge in [-0.1, -0.05) is 13.8 Å². The van der Waals surface area contributed by atoms with E-state index < -0.39 is 0 Å². The molecule has 0 atom stereocenters. The van der Waals surface area contributed by atoms with Gasteiger partial charge < -0.3 is 9.47 Å². The van der Waals surface area contributed by atoms with Crippen LogP contribution in [0.15, 0.2) is 18.3 Å². The lowest BCUT2D eigenvalue weighted by atomic mass is 9.99. The lowest BCUT2D eigenvalue weighted by Crippen LogP contribution is -2.38. The summed E-state index contributed by atoms with van der Waals surface area (Å²) < 4.78 is 2.17. The number of pyridine rings is 1. The van der Waals surface area contributed by atoms with Crippen molar-refractivity contribution in [2.75, 3.05) is 13.1 Å². The van der Waals surface area contributed by atoms with Crippen molar-refractivity contribution in [3.63, 3.8) is 0 Å². The topological polar surface area (TPSA) is 51.0 Å². The number of aryl methyl sites for hydroxylation is 2. The fourth-order valence-corrected chi connectivity index (χ4v) is 3.29. The Balaban J connectivity index is 1.69. The van der Waals surface area contributed by atoms with Gasteiger partial charge in [0, 0.05) is 38.7 Å². The SMILES string of the molecule is CCCn1c(CCC(=O)N2CCC(C)CC2)nc2cccnc21. The Hall–Kier alpha value is -1.91. The summed E-state index contributed by atoms with van der Waals surface area (Å²) in [4.78, 5) is 23.6. The summed E-state index contributed by atoms with van der Waals surface area (Å²) in [5.41, 5.74) is 1.86. The maximum Gasteiger partial charge on any atom is 0.223 e. The molecule has 0 aromatic carbocycles. The highest BCUT2D eigenvalue weighted by Gasteiger charge is 2.21. The summed E-state index contributed by atoms with van der Waals surface area (Å²) >= 11 is 0. The first-order valence-electron chi connectivity index (χ1n) is 8.77. The van der Waals surface area contributed by atoms with Gasteiger partial charge in [0.05, 0.1) is 0 Å². The average molecular weight is 314 g/mol. The van der Waals surface area contributed by atoms with Crippen molar-refractivity contribution >= 4 is 17.1 Å². The normalized spacial score (nSPS) is 16.2. The second kappa shape index (κ2) is 7.11. The third kappa shape index (κ3) is 3.54. The Kier molecular flexibility index (Phi) is 4.94. The second-order valence-electron chi connectivity index (χ2n) is 6.59. The summed E-state index contributed by atoms with van der Waals surface area (Å²) in [7, 11) is 0. The first-order valence-corrected chi connectivity index (χ1v) is 8.77. The van der Waals surface area contributed by atoms with Crippen molar-refractivity contribution in [2.45, 2.75) is 52.5 Å². The molecule has 0 radical (unpaired) electrons. The quantitative estimate of drug-likeness (QED) is 0.852. The predicted molar refractivity (Wildman–Crippen MR) is 91.1 cm³/mol. The highest BCUT2D eigenvalue weighted by molar-refractivity contribution is 5.77. The minimum Gasteiger partial charge on any atom is -0.343 e. The molecule has 5 nitrogen and oxygen atoms in total. The molecule has 2 aromatic heterocycles. The number of aromatic nitrogens is 3. The molecule has 3 heterocycles. The first kappa shape index (κ1) is 16.0. The van der Waals surface area contributed by atoms with Gasteiger partial charge in [0.1, 0.15) is 11.3 Å². The van der Waals surface area contributed by atoms with Crippen LogP contribution in [0.4, 0.5) is 0 Å². The van der Waals surface area contributed by atoms with Crippen LogP contribution < -0.4 is 0 Å². The first-order chi connectivity index (χ1) is 11.2. The molecule has 124 valence electrons. The van der Waals surface area contributed by atoms with Gasteiger partial charge in [0.15, 0.2) is 5.65 Å². The fraction of sp³-hybridized carbons (Fsp3) is 0.611. The molecule has 0 bridgehead atoms. The van der Waals surface area contributed by atoms with E-state index in [1.807, 2.05) is 17.0 Å². The summed E-state index contributed by atoms with van der Waals surface area (Å²) in [5, 5.41) is 0. The number of likely N-dealkylation sites (tertiary alicyclic amines) is 1. The van der Waals surface area contributed by atoms with E-state index in [4.69, 9.17) is 4.98 Å². The number of hydrogen-bond acceptors (Lipinski definition) is 3. The van der Waals surface area contributed by atoms with Crippen molar-refractivity contribution in [3.8, 4) is 0 Å². The Bertz CT molecular complexity index is 671. The highest BCUT2D eigenvalue weighted by atomic mass is 16.2. The zero-order valence-corrected chi connectivity index (χ0v) is 14.2. The second-order valence-corrected chi connectivity index (χ2v) is 6.59. The smallest absolute Gasteiger partial charge is 0.223 e. The Labute approximate surface area is 137 Å². The third-order valence-corrected chi connectivity index (χ3v) is 4.73. The molecule has 5 heteroatoms. The van der Waals surface area contributed by atoms with Crippen LogP contribution >= 0.6 is 0 Å². The van der Waals surface area contributed by atoms with Crippen LogP contribution in [0.25, 0.3) is 11.2 Å². The zero-order valence-electron chi connectivity index (χ0n) is 14.2. The monoisotopic (exact) mass is 314 g/mol. The Morgan fingerprint density at radius 3 is 2.87 bits per heavy atom. The van der Waals surface area contributed by atoms with Gasteiger partial charge in [-0.3, -0.25) is 4.79 Å². The lowest BCUT2D eigenvalue weighted by molar-refractivity contribution is -0.132. The maximum atomic E-state index is 12.4. The molecule has 0 spiro atoms. The number of fused-ring (bicyclic) bond motifs is 1. The van der Waals surface area contributed by atoms with E-state index in [-0.39, 0.29) is 5.91 Å². The molecule has 0 N–H and O–H groups in total. The molecule has 0 saturated carbocycles. The number of carbonyl (C=O) groups excluding carboxylic acids is 1. The Morgan fingerprint density at radius 1 is 1.35 bits per heavy atom. The van der Waals surface area contributed by atoms with Gasteiger partial charge in [-0.2, -0.15) is 0 Å². The van der Waals surface area contributed by atoms with E-state index in [0.29, 0.717) is 12.8 Å². The number of hydrogen-bond donors (Lipinski definition) is 0. The van der Waals surface area contributed by atoms with Crippen LogP contribution in [-0.2, 0) is 17.8 Å². The summed E-state index contributed by atoms with van der Waals surface area (Å²) in [6.07, 6.45) is 6.34. The number of imidazole rings is 1. The van der Waals surface area contributed by atoms with Crippen LogP contribution in [-0.4, -0.2) is 38.4 Å². The summed E-state index contributed by atoms with van der Waals surface area (Å²) in [5.74, 6) is 2.00. The minimum absolute atomic E-state index is 0.264.